The Kier molecular flexibility index (Phi) is 4.02. The van der Waals surface area contributed by atoms with E-state index in [-0.39, 0.29) is 0 Å². The molecule has 0 bridgehead atoms. The first kappa shape index (κ1) is 15.1. The van der Waals surface area contributed by atoms with Gasteiger partial charge in [-0.1, -0.05) is 0 Å². The summed E-state index contributed by atoms with van der Waals surface area (Å²) in [5.74, 6) is 1.82. The maximum Gasteiger partial charge on any atom is 0.203 e. The Hall–Kier alpha value is -2.82. The molecule has 1 N–H and O–H groups in total. The van der Waals surface area contributed by atoms with Gasteiger partial charge in [-0.15, -0.1) is 0 Å². The molecule has 120 valence electrons. The van der Waals surface area contributed by atoms with Crippen molar-refractivity contribution in [2.75, 3.05) is 26.6 Å². The monoisotopic (exact) mass is 312 g/mol. The molecule has 1 aromatic heterocycles. The van der Waals surface area contributed by atoms with E-state index >= 15 is 0 Å². The van der Waals surface area contributed by atoms with Crippen molar-refractivity contribution < 1.29 is 14.2 Å². The maximum absolute atomic E-state index is 5.38. The van der Waals surface area contributed by atoms with Gasteiger partial charge in [0.1, 0.15) is 0 Å². The molecule has 1 heterocycles. The molecule has 0 atom stereocenters. The van der Waals surface area contributed by atoms with Crippen LogP contribution >= 0.6 is 0 Å². The minimum Gasteiger partial charge on any atom is -0.493 e. The van der Waals surface area contributed by atoms with Gasteiger partial charge in [-0.05, 0) is 24.3 Å². The number of aromatic nitrogens is 1. The fourth-order valence-electron chi connectivity index (χ4n) is 2.68. The van der Waals surface area contributed by atoms with E-state index in [0.717, 1.165) is 11.4 Å². The zero-order valence-corrected chi connectivity index (χ0v) is 13.7. The second-order valence-electron chi connectivity index (χ2n) is 5.24. The number of hydrogen-bond acceptors (Lipinski definition) is 4. The van der Waals surface area contributed by atoms with Crippen LogP contribution in [0.4, 0.5) is 11.4 Å². The number of methoxy groups -OCH3 is 3. The molecule has 0 fully saturated rings. The predicted octanol–water partition coefficient (Wildman–Crippen LogP) is 3.95. The van der Waals surface area contributed by atoms with Gasteiger partial charge in [0.05, 0.1) is 21.3 Å². The smallest absolute Gasteiger partial charge is 0.203 e. The van der Waals surface area contributed by atoms with Gasteiger partial charge in [0.2, 0.25) is 5.75 Å². The van der Waals surface area contributed by atoms with Crippen LogP contribution in [0.1, 0.15) is 0 Å². The molecule has 5 nitrogen and oxygen atoms in total. The normalized spacial score (nSPS) is 10.6. The maximum atomic E-state index is 5.38. The van der Waals surface area contributed by atoms with Gasteiger partial charge in [-0.3, -0.25) is 0 Å². The predicted molar refractivity (Wildman–Crippen MR) is 92.3 cm³/mol. The number of ether oxygens (including phenoxy) is 3. The molecule has 0 saturated carbocycles. The lowest BCUT2D eigenvalue weighted by atomic mass is 10.2. The molecule has 0 saturated heterocycles. The van der Waals surface area contributed by atoms with Crippen LogP contribution in [0.3, 0.4) is 0 Å². The van der Waals surface area contributed by atoms with Gasteiger partial charge < -0.3 is 24.1 Å². The molecular formula is C18H20N2O3. The average molecular weight is 312 g/mol. The summed E-state index contributed by atoms with van der Waals surface area (Å²) in [6, 6.07) is 12.1. The third-order valence-corrected chi connectivity index (χ3v) is 3.84. The van der Waals surface area contributed by atoms with Crippen molar-refractivity contribution in [1.82, 2.24) is 4.57 Å². The van der Waals surface area contributed by atoms with Crippen LogP contribution in [0.5, 0.6) is 17.2 Å². The van der Waals surface area contributed by atoms with Crippen LogP contribution in [0.2, 0.25) is 0 Å². The fourth-order valence-corrected chi connectivity index (χ4v) is 2.68. The van der Waals surface area contributed by atoms with E-state index in [4.69, 9.17) is 14.2 Å². The number of anilines is 2. The summed E-state index contributed by atoms with van der Waals surface area (Å²) in [5.41, 5.74) is 3.06. The van der Waals surface area contributed by atoms with Crippen molar-refractivity contribution in [1.29, 1.82) is 0 Å². The van der Waals surface area contributed by atoms with Crippen LogP contribution in [-0.4, -0.2) is 25.9 Å². The van der Waals surface area contributed by atoms with Gasteiger partial charge in [0.25, 0.3) is 0 Å². The van der Waals surface area contributed by atoms with Crippen LogP contribution < -0.4 is 19.5 Å². The van der Waals surface area contributed by atoms with E-state index < -0.39 is 0 Å². The fraction of sp³-hybridized carbons (Fsp3) is 0.222. The number of nitrogens with zero attached hydrogens (tertiary/aromatic N) is 1. The molecule has 0 aliphatic heterocycles. The standard InChI is InChI=1S/C18H20N2O3/c1-20-8-7-12-9-13(5-6-15(12)20)19-14-10-16(21-2)18(23-4)17(11-14)22-3/h5-11,19H,1-4H3. The zero-order valence-electron chi connectivity index (χ0n) is 13.7. The number of rotatable bonds is 5. The largest absolute Gasteiger partial charge is 0.493 e. The Morgan fingerprint density at radius 1 is 0.826 bits per heavy atom. The van der Waals surface area contributed by atoms with Crippen LogP contribution in [0, 0.1) is 0 Å². The summed E-state index contributed by atoms with van der Waals surface area (Å²) in [6.45, 7) is 0. The Bertz CT molecular complexity index is 814. The van der Waals surface area contributed by atoms with Crippen molar-refractivity contribution in [2.24, 2.45) is 7.05 Å². The summed E-state index contributed by atoms with van der Waals surface area (Å²) in [6.07, 6.45) is 2.05. The van der Waals surface area contributed by atoms with Crippen LogP contribution in [0.15, 0.2) is 42.6 Å². The van der Waals surface area contributed by atoms with Gasteiger partial charge in [0, 0.05) is 47.7 Å². The highest BCUT2D eigenvalue weighted by Gasteiger charge is 2.13. The molecule has 0 aliphatic rings. The Morgan fingerprint density at radius 2 is 1.52 bits per heavy atom. The Morgan fingerprint density at radius 3 is 2.13 bits per heavy atom. The third kappa shape index (κ3) is 2.77. The highest BCUT2D eigenvalue weighted by molar-refractivity contribution is 5.85. The quantitative estimate of drug-likeness (QED) is 0.775. The minimum absolute atomic E-state index is 0.582. The lowest BCUT2D eigenvalue weighted by molar-refractivity contribution is 0.324. The summed E-state index contributed by atoms with van der Waals surface area (Å²) in [5, 5.41) is 4.57. The molecule has 3 rings (SSSR count). The molecule has 0 radical (unpaired) electrons. The highest BCUT2D eigenvalue weighted by atomic mass is 16.5. The van der Waals surface area contributed by atoms with Crippen molar-refractivity contribution in [3.63, 3.8) is 0 Å². The molecule has 0 spiro atoms. The minimum atomic E-state index is 0.582. The van der Waals surface area contributed by atoms with Gasteiger partial charge in [-0.25, -0.2) is 0 Å². The summed E-state index contributed by atoms with van der Waals surface area (Å²) in [4.78, 5) is 0. The molecule has 3 aromatic rings. The lowest BCUT2D eigenvalue weighted by Crippen LogP contribution is -1.98. The third-order valence-electron chi connectivity index (χ3n) is 3.84. The van der Waals surface area contributed by atoms with Gasteiger partial charge >= 0.3 is 0 Å². The van der Waals surface area contributed by atoms with Crippen LogP contribution in [0.25, 0.3) is 10.9 Å². The second-order valence-corrected chi connectivity index (χ2v) is 5.24. The highest BCUT2D eigenvalue weighted by Crippen LogP contribution is 2.40. The van der Waals surface area contributed by atoms with Crippen molar-refractivity contribution >= 4 is 22.3 Å². The summed E-state index contributed by atoms with van der Waals surface area (Å²) >= 11 is 0. The van der Waals surface area contributed by atoms with E-state index in [0.29, 0.717) is 17.2 Å². The number of nitrogens with one attached hydrogen (secondary N) is 1. The van der Waals surface area contributed by atoms with E-state index in [2.05, 4.69) is 28.1 Å². The van der Waals surface area contributed by atoms with Crippen molar-refractivity contribution in [3.05, 3.63) is 42.6 Å². The lowest BCUT2D eigenvalue weighted by Gasteiger charge is -2.15. The van der Waals surface area contributed by atoms with E-state index in [9.17, 15) is 0 Å². The van der Waals surface area contributed by atoms with Crippen LogP contribution in [-0.2, 0) is 7.05 Å². The molecule has 23 heavy (non-hydrogen) atoms. The first-order valence-electron chi connectivity index (χ1n) is 7.28. The molecule has 5 heteroatoms. The van der Waals surface area contributed by atoms with Gasteiger partial charge in [0.15, 0.2) is 11.5 Å². The van der Waals surface area contributed by atoms with Crippen molar-refractivity contribution in [3.8, 4) is 17.2 Å². The average Bonchev–Trinajstić information content (AvgIpc) is 2.94. The molecule has 2 aromatic carbocycles. The topological polar surface area (TPSA) is 44.7 Å². The van der Waals surface area contributed by atoms with E-state index in [1.807, 2.05) is 31.4 Å². The second kappa shape index (κ2) is 6.12. The molecule has 0 aliphatic carbocycles. The number of aryl methyl sites for hydroxylation is 1. The summed E-state index contributed by atoms with van der Waals surface area (Å²) in [7, 11) is 6.85. The summed E-state index contributed by atoms with van der Waals surface area (Å²) < 4.78 is 18.2. The molecule has 0 amide bonds. The Labute approximate surface area is 135 Å². The number of fused-ring (bicyclic) bond motifs is 1. The van der Waals surface area contributed by atoms with Crippen molar-refractivity contribution in [2.45, 2.75) is 0 Å². The van der Waals surface area contributed by atoms with E-state index in [1.165, 1.54) is 10.9 Å². The van der Waals surface area contributed by atoms with E-state index in [1.54, 1.807) is 21.3 Å². The number of hydrogen-bond donors (Lipinski definition) is 1. The number of benzene rings is 2. The SMILES string of the molecule is COc1cc(Nc2ccc3c(ccn3C)c2)cc(OC)c1OC. The molecular weight excluding hydrogens is 292 g/mol. The zero-order chi connectivity index (χ0) is 16.4. The molecule has 0 unspecified atom stereocenters. The first-order valence-corrected chi connectivity index (χ1v) is 7.28. The first-order chi connectivity index (χ1) is 11.2. The Balaban J connectivity index is 1.97. The van der Waals surface area contributed by atoms with Gasteiger partial charge in [-0.2, -0.15) is 0 Å².